The Hall–Kier alpha value is -5.46. The maximum Gasteiger partial charge on any atom is 0.341 e. The summed E-state index contributed by atoms with van der Waals surface area (Å²) >= 11 is 0. The molecule has 0 amide bonds. The molecular weight excluding hydrogens is 661 g/mol. The maximum atomic E-state index is 11.6. The summed E-state index contributed by atoms with van der Waals surface area (Å²) in [6, 6.07) is 22.0. The Kier molecular flexibility index (Phi) is 10.6. The predicted molar refractivity (Wildman–Crippen MR) is 210 cm³/mol. The monoisotopic (exact) mass is 710 g/mol. The number of methoxy groups -OCH3 is 1. The lowest BCUT2D eigenvalue weighted by atomic mass is 9.63. The van der Waals surface area contributed by atoms with Gasteiger partial charge in [0, 0.05) is 22.3 Å². The van der Waals surface area contributed by atoms with E-state index in [2.05, 4.69) is 114 Å². The van der Waals surface area contributed by atoms with Crippen LogP contribution in [0.3, 0.4) is 0 Å². The van der Waals surface area contributed by atoms with Gasteiger partial charge in [-0.1, -0.05) is 91.2 Å². The summed E-state index contributed by atoms with van der Waals surface area (Å²) in [4.78, 5) is 22.5. The number of phenols is 2. The molecule has 4 aromatic carbocycles. The average molecular weight is 711 g/mol. The van der Waals surface area contributed by atoms with Crippen LogP contribution in [0.2, 0.25) is 0 Å². The van der Waals surface area contributed by atoms with Gasteiger partial charge in [-0.25, -0.2) is 9.59 Å². The molecule has 0 radical (unpaired) electrons. The van der Waals surface area contributed by atoms with E-state index in [1.165, 1.54) is 66.5 Å². The molecule has 0 saturated heterocycles. The number of hydrogen-bond donors (Lipinski definition) is 3. The number of benzene rings is 4. The van der Waals surface area contributed by atoms with E-state index in [0.717, 1.165) is 24.0 Å². The van der Waals surface area contributed by atoms with Crippen LogP contribution in [0, 0.1) is 23.7 Å². The van der Waals surface area contributed by atoms with Crippen LogP contribution in [-0.4, -0.2) is 34.4 Å². The molecule has 6 heteroatoms. The van der Waals surface area contributed by atoms with E-state index in [-0.39, 0.29) is 44.3 Å². The summed E-state index contributed by atoms with van der Waals surface area (Å²) in [5.41, 5.74) is 9.30. The van der Waals surface area contributed by atoms with Crippen LogP contribution >= 0.6 is 0 Å². The molecular formula is C47H50O6. The van der Waals surface area contributed by atoms with Crippen molar-refractivity contribution in [1.82, 2.24) is 0 Å². The van der Waals surface area contributed by atoms with Crippen LogP contribution in [0.25, 0.3) is 0 Å². The molecule has 0 unspecified atom stereocenters. The molecule has 3 N–H and O–H groups in total. The first-order valence-electron chi connectivity index (χ1n) is 18.1. The van der Waals surface area contributed by atoms with Gasteiger partial charge in [0.1, 0.15) is 22.6 Å². The zero-order valence-electron chi connectivity index (χ0n) is 32.3. The summed E-state index contributed by atoms with van der Waals surface area (Å²) in [5, 5.41) is 28.8. The van der Waals surface area contributed by atoms with Gasteiger partial charge < -0.3 is 20.1 Å². The third kappa shape index (κ3) is 8.45. The molecule has 0 bridgehead atoms. The molecule has 0 atom stereocenters. The Morgan fingerprint density at radius 1 is 0.509 bits per heavy atom. The molecule has 2 aliphatic carbocycles. The molecule has 0 fully saturated rings. The van der Waals surface area contributed by atoms with Gasteiger partial charge in [-0.3, -0.25) is 0 Å². The number of phenolic OH excluding ortho intramolecular Hbond substituents is 1. The molecule has 4 aromatic rings. The first-order valence-corrected chi connectivity index (χ1v) is 18.1. The highest BCUT2D eigenvalue weighted by molar-refractivity contribution is 5.92. The van der Waals surface area contributed by atoms with E-state index in [9.17, 15) is 19.8 Å². The molecule has 0 heterocycles. The summed E-state index contributed by atoms with van der Waals surface area (Å²) in [7, 11) is 1.29. The van der Waals surface area contributed by atoms with E-state index in [1.807, 2.05) is 6.07 Å². The highest BCUT2D eigenvalue weighted by Crippen LogP contribution is 2.47. The summed E-state index contributed by atoms with van der Waals surface area (Å²) in [6.07, 6.45) is 4.66. The fourth-order valence-corrected chi connectivity index (χ4v) is 7.30. The number of hydrogen-bond acceptors (Lipinski definition) is 5. The molecule has 6 nitrogen and oxygen atoms in total. The second-order valence-electron chi connectivity index (χ2n) is 16.8. The van der Waals surface area contributed by atoms with E-state index >= 15 is 0 Å². The lowest BCUT2D eigenvalue weighted by molar-refractivity contribution is 0.0596. The number of ether oxygens (including phenoxy) is 1. The number of carboxylic acids is 1. The molecule has 0 saturated carbocycles. The van der Waals surface area contributed by atoms with Crippen molar-refractivity contribution in [2.75, 3.05) is 7.11 Å². The molecule has 2 aliphatic rings. The molecule has 0 spiro atoms. The number of fused-ring (bicyclic) bond motifs is 2. The van der Waals surface area contributed by atoms with Crippen LogP contribution in [-0.2, 0) is 26.4 Å². The highest BCUT2D eigenvalue weighted by atomic mass is 16.5. The minimum Gasteiger partial charge on any atom is -0.507 e. The molecule has 6 rings (SSSR count). The fraction of sp³-hybridized carbons (Fsp3) is 0.362. The topological polar surface area (TPSA) is 104 Å². The Labute approximate surface area is 314 Å². The normalized spacial score (nSPS) is 16.8. The summed E-state index contributed by atoms with van der Waals surface area (Å²) in [5.74, 6) is 10.3. The van der Waals surface area contributed by atoms with Crippen LogP contribution in [0.1, 0.15) is 146 Å². The van der Waals surface area contributed by atoms with Crippen molar-refractivity contribution in [2.24, 2.45) is 0 Å². The third-order valence-corrected chi connectivity index (χ3v) is 11.0. The minimum atomic E-state index is -1.15. The number of carbonyl (C=O) groups is 2. The van der Waals surface area contributed by atoms with E-state index in [4.69, 9.17) is 5.11 Å². The minimum absolute atomic E-state index is 0.117. The number of aromatic carboxylic acids is 1. The van der Waals surface area contributed by atoms with E-state index < -0.39 is 11.9 Å². The van der Waals surface area contributed by atoms with Crippen molar-refractivity contribution in [1.29, 1.82) is 0 Å². The van der Waals surface area contributed by atoms with Crippen molar-refractivity contribution in [2.45, 2.75) is 103 Å². The third-order valence-electron chi connectivity index (χ3n) is 11.0. The van der Waals surface area contributed by atoms with Gasteiger partial charge in [-0.15, -0.1) is 0 Å². The van der Waals surface area contributed by atoms with Crippen molar-refractivity contribution >= 4 is 11.9 Å². The second-order valence-corrected chi connectivity index (χ2v) is 16.8. The first-order chi connectivity index (χ1) is 24.7. The highest BCUT2D eigenvalue weighted by Gasteiger charge is 2.38. The molecule has 0 aromatic heterocycles. The maximum absolute atomic E-state index is 11.6. The number of carboxylic acid groups (broad SMARTS) is 1. The standard InChI is InChI=1S/C24H26O3.C23H24O3/c1-23(2)12-13-24(3,4)20-14-16(9-11-19(20)23)6-7-17-8-10-18(21(25)15-17)22(26)27-5;1-22(2)11-12-23(3,4)19-13-15(8-10-18(19)22)5-6-16-7-9-17(21(25)26)20(24)14-16/h8-11,14-15,25H,12-13H2,1-5H3;7-10,13-14,24H,11-12H2,1-4H3,(H,25,26). The number of carbonyl (C=O) groups excluding carboxylic acids is 1. The Balaban J connectivity index is 0.000000204. The Morgan fingerprint density at radius 2 is 0.830 bits per heavy atom. The lowest BCUT2D eigenvalue weighted by Crippen LogP contribution is -2.33. The van der Waals surface area contributed by atoms with Crippen LogP contribution in [0.15, 0.2) is 72.8 Å². The van der Waals surface area contributed by atoms with Crippen molar-refractivity contribution in [3.8, 4) is 35.2 Å². The zero-order chi connectivity index (χ0) is 38.9. The molecule has 0 aliphatic heterocycles. The number of aromatic hydroxyl groups is 2. The summed E-state index contributed by atoms with van der Waals surface area (Å²) in [6.45, 7) is 18.3. The van der Waals surface area contributed by atoms with Crippen molar-refractivity contribution in [3.63, 3.8) is 0 Å². The lowest BCUT2D eigenvalue weighted by Gasteiger charge is -2.41. The predicted octanol–water partition coefficient (Wildman–Crippen LogP) is 9.77. The van der Waals surface area contributed by atoms with Crippen molar-refractivity contribution in [3.05, 3.63) is 128 Å². The van der Waals surface area contributed by atoms with Gasteiger partial charge in [-0.05, 0) is 130 Å². The summed E-state index contributed by atoms with van der Waals surface area (Å²) < 4.78 is 4.64. The largest absolute Gasteiger partial charge is 0.507 e. The SMILES string of the molecule is CC1(C)CCC(C)(C)c2cc(C#Cc3ccc(C(=O)O)c(O)c3)ccc21.COC(=O)c1ccc(C#Cc2ccc3c(c2)C(C)(C)CCC3(C)C)cc1O. The van der Waals surface area contributed by atoms with E-state index in [0.29, 0.717) is 11.1 Å². The quantitative estimate of drug-likeness (QED) is 0.141. The first kappa shape index (κ1) is 38.8. The van der Waals surface area contributed by atoms with Crippen molar-refractivity contribution < 1.29 is 29.6 Å². The van der Waals surface area contributed by atoms with Gasteiger partial charge >= 0.3 is 11.9 Å². The van der Waals surface area contributed by atoms with Gasteiger partial charge in [0.2, 0.25) is 0 Å². The second kappa shape index (κ2) is 14.5. The molecule has 53 heavy (non-hydrogen) atoms. The smallest absolute Gasteiger partial charge is 0.341 e. The fourth-order valence-electron chi connectivity index (χ4n) is 7.30. The Morgan fingerprint density at radius 3 is 1.17 bits per heavy atom. The zero-order valence-corrected chi connectivity index (χ0v) is 32.3. The van der Waals surface area contributed by atoms with Crippen LogP contribution < -0.4 is 0 Å². The average Bonchev–Trinajstić information content (AvgIpc) is 3.10. The number of esters is 1. The Bertz CT molecular complexity index is 2210. The van der Waals surface area contributed by atoms with Gasteiger partial charge in [0.05, 0.1) is 7.11 Å². The van der Waals surface area contributed by atoms with E-state index in [1.54, 1.807) is 12.1 Å². The molecule has 274 valence electrons. The van der Waals surface area contributed by atoms with Gasteiger partial charge in [0.25, 0.3) is 0 Å². The van der Waals surface area contributed by atoms with Crippen LogP contribution in [0.5, 0.6) is 11.5 Å². The van der Waals surface area contributed by atoms with Crippen LogP contribution in [0.4, 0.5) is 0 Å². The number of rotatable bonds is 2. The van der Waals surface area contributed by atoms with Gasteiger partial charge in [-0.2, -0.15) is 0 Å². The van der Waals surface area contributed by atoms with Gasteiger partial charge in [0.15, 0.2) is 0 Å².